The number of carbonyl (C=O) groups excluding carboxylic acids is 1. The van der Waals surface area contributed by atoms with Crippen molar-refractivity contribution in [2.75, 3.05) is 5.32 Å². The van der Waals surface area contributed by atoms with Gasteiger partial charge in [0.1, 0.15) is 18.1 Å². The average Bonchev–Trinajstić information content (AvgIpc) is 3.19. The Hall–Kier alpha value is -2.60. The molecule has 0 aliphatic rings. The van der Waals surface area contributed by atoms with Crippen LogP contribution in [0.2, 0.25) is 0 Å². The van der Waals surface area contributed by atoms with E-state index in [4.69, 9.17) is 9.15 Å². The van der Waals surface area contributed by atoms with Crippen LogP contribution in [0.3, 0.4) is 0 Å². The molecule has 0 spiro atoms. The normalized spacial score (nSPS) is 11.4. The van der Waals surface area contributed by atoms with Crippen molar-refractivity contribution in [1.82, 2.24) is 4.98 Å². The van der Waals surface area contributed by atoms with Crippen molar-refractivity contribution in [2.45, 2.75) is 46.6 Å². The summed E-state index contributed by atoms with van der Waals surface area (Å²) in [6.45, 7) is 10.7. The zero-order valence-electron chi connectivity index (χ0n) is 16.3. The predicted molar refractivity (Wildman–Crippen MR) is 108 cm³/mol. The number of aromatic nitrogens is 1. The highest BCUT2D eigenvalue weighted by Gasteiger charge is 2.15. The van der Waals surface area contributed by atoms with Crippen LogP contribution in [0.1, 0.15) is 53.2 Å². The quantitative estimate of drug-likeness (QED) is 0.632. The van der Waals surface area contributed by atoms with E-state index in [0.717, 1.165) is 16.3 Å². The van der Waals surface area contributed by atoms with E-state index in [1.165, 1.54) is 16.9 Å². The van der Waals surface area contributed by atoms with E-state index in [1.807, 2.05) is 26.0 Å². The number of hydrogen-bond acceptors (Lipinski definition) is 5. The summed E-state index contributed by atoms with van der Waals surface area (Å²) in [6.07, 6.45) is 0. The Balaban J connectivity index is 1.58. The van der Waals surface area contributed by atoms with Crippen LogP contribution in [-0.4, -0.2) is 10.9 Å². The van der Waals surface area contributed by atoms with Gasteiger partial charge in [-0.05, 0) is 49.1 Å². The highest BCUT2D eigenvalue weighted by Crippen LogP contribution is 2.25. The van der Waals surface area contributed by atoms with Crippen molar-refractivity contribution in [2.24, 2.45) is 0 Å². The number of benzene rings is 1. The number of aryl methyl sites for hydroxylation is 2. The zero-order chi connectivity index (χ0) is 19.6. The van der Waals surface area contributed by atoms with E-state index >= 15 is 0 Å². The zero-order valence-corrected chi connectivity index (χ0v) is 17.1. The Morgan fingerprint density at radius 3 is 2.44 bits per heavy atom. The third kappa shape index (κ3) is 4.77. The van der Waals surface area contributed by atoms with E-state index in [0.29, 0.717) is 10.9 Å². The Kier molecular flexibility index (Phi) is 5.37. The molecule has 0 aliphatic carbocycles. The molecule has 1 N–H and O–H groups in total. The molecule has 0 unspecified atom stereocenters. The molecule has 3 rings (SSSR count). The van der Waals surface area contributed by atoms with Gasteiger partial charge in [0.25, 0.3) is 5.91 Å². The molecule has 0 saturated heterocycles. The van der Waals surface area contributed by atoms with Crippen LogP contribution in [0, 0.1) is 13.8 Å². The second-order valence-corrected chi connectivity index (χ2v) is 8.65. The third-order valence-corrected chi connectivity index (χ3v) is 5.22. The molecule has 6 heteroatoms. The maximum absolute atomic E-state index is 12.3. The van der Waals surface area contributed by atoms with E-state index in [2.05, 4.69) is 43.2 Å². The Bertz CT molecular complexity index is 914. The predicted octanol–water partition coefficient (Wildman–Crippen LogP) is 5.48. The maximum Gasteiger partial charge on any atom is 0.293 e. The molecule has 0 fully saturated rings. The van der Waals surface area contributed by atoms with Gasteiger partial charge in [-0.1, -0.05) is 32.9 Å². The fourth-order valence-electron chi connectivity index (χ4n) is 2.47. The lowest BCUT2D eigenvalue weighted by Crippen LogP contribution is -2.10. The number of rotatable bonds is 5. The van der Waals surface area contributed by atoms with Gasteiger partial charge in [-0.15, -0.1) is 11.3 Å². The molecule has 0 bridgehead atoms. The van der Waals surface area contributed by atoms with Gasteiger partial charge >= 0.3 is 0 Å². The lowest BCUT2D eigenvalue weighted by Gasteiger charge is -2.19. The first-order valence-corrected chi connectivity index (χ1v) is 9.61. The Labute approximate surface area is 163 Å². The number of thiazole rings is 1. The second-order valence-electron chi connectivity index (χ2n) is 7.44. The number of anilines is 1. The van der Waals surface area contributed by atoms with Crippen LogP contribution in [0.4, 0.5) is 5.13 Å². The number of hydrogen-bond donors (Lipinski definition) is 1. The number of nitrogens with one attached hydrogen (secondary N) is 1. The summed E-state index contributed by atoms with van der Waals surface area (Å²) in [7, 11) is 0. The van der Waals surface area contributed by atoms with Crippen molar-refractivity contribution >= 4 is 22.4 Å². The van der Waals surface area contributed by atoms with Crippen molar-refractivity contribution < 1.29 is 13.9 Å². The van der Waals surface area contributed by atoms with Gasteiger partial charge in [0.2, 0.25) is 0 Å². The molecule has 27 heavy (non-hydrogen) atoms. The molecule has 142 valence electrons. The van der Waals surface area contributed by atoms with E-state index in [9.17, 15) is 4.79 Å². The van der Waals surface area contributed by atoms with Gasteiger partial charge in [-0.25, -0.2) is 4.98 Å². The van der Waals surface area contributed by atoms with Crippen molar-refractivity contribution in [3.05, 3.63) is 64.1 Å². The number of ether oxygens (including phenoxy) is 1. The summed E-state index contributed by atoms with van der Waals surface area (Å²) < 4.78 is 11.3. The first-order valence-electron chi connectivity index (χ1n) is 8.80. The molecular weight excluding hydrogens is 360 g/mol. The fourth-order valence-corrected chi connectivity index (χ4v) is 3.28. The molecule has 0 aliphatic heterocycles. The second kappa shape index (κ2) is 7.56. The minimum Gasteiger partial charge on any atom is -0.486 e. The summed E-state index contributed by atoms with van der Waals surface area (Å²) in [5, 5.41) is 3.33. The molecule has 0 saturated carbocycles. The van der Waals surface area contributed by atoms with Gasteiger partial charge in [0.15, 0.2) is 10.9 Å². The highest BCUT2D eigenvalue weighted by atomic mass is 32.1. The number of furan rings is 1. The number of amides is 1. The summed E-state index contributed by atoms with van der Waals surface area (Å²) >= 11 is 1.45. The monoisotopic (exact) mass is 384 g/mol. The average molecular weight is 385 g/mol. The Morgan fingerprint density at radius 2 is 1.85 bits per heavy atom. The van der Waals surface area contributed by atoms with Gasteiger partial charge in [-0.2, -0.15) is 0 Å². The molecule has 5 nitrogen and oxygen atoms in total. The van der Waals surface area contributed by atoms with Crippen LogP contribution in [-0.2, 0) is 12.0 Å². The van der Waals surface area contributed by atoms with Crippen molar-refractivity contribution in [3.8, 4) is 5.75 Å². The largest absolute Gasteiger partial charge is 0.486 e. The molecule has 0 radical (unpaired) electrons. The van der Waals surface area contributed by atoms with E-state index < -0.39 is 0 Å². The molecule has 0 atom stereocenters. The van der Waals surface area contributed by atoms with Gasteiger partial charge in [0.05, 0.1) is 5.69 Å². The summed E-state index contributed by atoms with van der Waals surface area (Å²) in [4.78, 5) is 17.7. The minimum absolute atomic E-state index is 0.107. The van der Waals surface area contributed by atoms with Crippen LogP contribution in [0.5, 0.6) is 5.75 Å². The van der Waals surface area contributed by atoms with Crippen molar-refractivity contribution in [1.29, 1.82) is 0 Å². The molecule has 1 aromatic carbocycles. The molecule has 3 aromatic rings. The van der Waals surface area contributed by atoms with Crippen LogP contribution < -0.4 is 10.1 Å². The first-order chi connectivity index (χ1) is 12.7. The third-order valence-electron chi connectivity index (χ3n) is 4.24. The molecular formula is C21H24N2O3S. The summed E-state index contributed by atoms with van der Waals surface area (Å²) in [5.41, 5.74) is 2.27. The molecule has 2 heterocycles. The van der Waals surface area contributed by atoms with Crippen LogP contribution in [0.15, 0.2) is 40.8 Å². The lowest BCUT2D eigenvalue weighted by molar-refractivity contribution is 0.0992. The van der Waals surface area contributed by atoms with E-state index in [1.54, 1.807) is 12.1 Å². The molecule has 2 aromatic heterocycles. The smallest absolute Gasteiger partial charge is 0.293 e. The van der Waals surface area contributed by atoms with Crippen LogP contribution >= 0.6 is 11.3 Å². The summed E-state index contributed by atoms with van der Waals surface area (Å²) in [5.74, 6) is 1.28. The number of carbonyl (C=O) groups is 1. The standard InChI is InChI=1S/C21H24N2O3S/c1-13-14(2)27-20(22-13)23-19(24)18-11-10-17(26-18)12-25-16-8-6-15(7-9-16)21(3,4)5/h6-11H,12H2,1-5H3,(H,22,23,24). The topological polar surface area (TPSA) is 64.4 Å². The van der Waals surface area contributed by atoms with Gasteiger partial charge in [-0.3, -0.25) is 10.1 Å². The fraction of sp³-hybridized carbons (Fsp3) is 0.333. The number of nitrogens with zero attached hydrogens (tertiary/aromatic N) is 1. The Morgan fingerprint density at radius 1 is 1.15 bits per heavy atom. The maximum atomic E-state index is 12.3. The first kappa shape index (κ1) is 19.2. The minimum atomic E-state index is -0.315. The van der Waals surface area contributed by atoms with Crippen LogP contribution in [0.25, 0.3) is 0 Å². The SMILES string of the molecule is Cc1nc(NC(=O)c2ccc(COc3ccc(C(C)(C)C)cc3)o2)sc1C. The summed E-state index contributed by atoms with van der Waals surface area (Å²) in [6, 6.07) is 11.4. The molecule has 1 amide bonds. The lowest BCUT2D eigenvalue weighted by atomic mass is 9.87. The highest BCUT2D eigenvalue weighted by molar-refractivity contribution is 7.15. The van der Waals surface area contributed by atoms with E-state index in [-0.39, 0.29) is 23.7 Å². The van der Waals surface area contributed by atoms with Gasteiger partial charge < -0.3 is 9.15 Å². The van der Waals surface area contributed by atoms with Crippen molar-refractivity contribution in [3.63, 3.8) is 0 Å². The van der Waals surface area contributed by atoms with Gasteiger partial charge in [0, 0.05) is 4.88 Å².